The average molecular weight is 257 g/mol. The van der Waals surface area contributed by atoms with Crippen LogP contribution >= 0.6 is 15.9 Å². The maximum absolute atomic E-state index is 4.53. The summed E-state index contributed by atoms with van der Waals surface area (Å²) in [5.41, 5.74) is 0. The van der Waals surface area contributed by atoms with E-state index in [0.29, 0.717) is 5.92 Å². The highest BCUT2D eigenvalue weighted by atomic mass is 79.9. The molecule has 1 aromatic heterocycles. The molecule has 0 aromatic carbocycles. The summed E-state index contributed by atoms with van der Waals surface area (Å²) < 4.78 is 3.41. The lowest BCUT2D eigenvalue weighted by Gasteiger charge is -2.21. The van der Waals surface area contributed by atoms with Gasteiger partial charge >= 0.3 is 0 Å². The Morgan fingerprint density at radius 3 is 2.79 bits per heavy atom. The molecule has 0 N–H and O–H groups in total. The van der Waals surface area contributed by atoms with Crippen molar-refractivity contribution in [3.05, 3.63) is 16.6 Å². The quantitative estimate of drug-likeness (QED) is 0.789. The molecule has 78 valence electrons. The molecule has 0 bridgehead atoms. The van der Waals surface area contributed by atoms with Gasteiger partial charge in [0.15, 0.2) is 0 Å². The molecule has 0 atom stereocenters. The predicted molar refractivity (Wildman–Crippen MR) is 61.4 cm³/mol. The van der Waals surface area contributed by atoms with Gasteiger partial charge in [-0.3, -0.25) is 0 Å². The lowest BCUT2D eigenvalue weighted by molar-refractivity contribution is 0.416. The first kappa shape index (κ1) is 10.2. The van der Waals surface area contributed by atoms with Crippen molar-refractivity contribution >= 4 is 15.9 Å². The zero-order chi connectivity index (χ0) is 9.97. The molecule has 1 fully saturated rings. The van der Waals surface area contributed by atoms with Gasteiger partial charge in [0.25, 0.3) is 0 Å². The van der Waals surface area contributed by atoms with Crippen LogP contribution in [0.2, 0.25) is 0 Å². The SMILES string of the molecule is CCn1c(Br)cnc1C1CCCCC1. The van der Waals surface area contributed by atoms with Gasteiger partial charge in [-0.25, -0.2) is 4.98 Å². The molecule has 0 spiro atoms. The largest absolute Gasteiger partial charge is 0.323 e. The summed E-state index contributed by atoms with van der Waals surface area (Å²) in [6.45, 7) is 3.20. The fraction of sp³-hybridized carbons (Fsp3) is 0.727. The summed E-state index contributed by atoms with van der Waals surface area (Å²) >= 11 is 3.54. The molecule has 0 aliphatic heterocycles. The number of halogens is 1. The average Bonchev–Trinajstić information content (AvgIpc) is 2.61. The van der Waals surface area contributed by atoms with Crippen molar-refractivity contribution in [1.29, 1.82) is 0 Å². The van der Waals surface area contributed by atoms with Crippen LogP contribution in [0.4, 0.5) is 0 Å². The first-order valence-electron chi connectivity index (χ1n) is 5.54. The number of imidazole rings is 1. The zero-order valence-corrected chi connectivity index (χ0v) is 10.3. The van der Waals surface area contributed by atoms with Crippen LogP contribution in [0.3, 0.4) is 0 Å². The highest BCUT2D eigenvalue weighted by Gasteiger charge is 2.20. The second-order valence-electron chi connectivity index (χ2n) is 4.02. The molecule has 0 unspecified atom stereocenters. The van der Waals surface area contributed by atoms with Crippen LogP contribution in [0, 0.1) is 0 Å². The van der Waals surface area contributed by atoms with Crippen LogP contribution in [0.25, 0.3) is 0 Å². The van der Waals surface area contributed by atoms with E-state index in [-0.39, 0.29) is 0 Å². The Balaban J connectivity index is 2.21. The van der Waals surface area contributed by atoms with E-state index >= 15 is 0 Å². The number of hydrogen-bond acceptors (Lipinski definition) is 1. The van der Waals surface area contributed by atoms with Crippen molar-refractivity contribution in [3.63, 3.8) is 0 Å². The fourth-order valence-electron chi connectivity index (χ4n) is 2.37. The molecular weight excluding hydrogens is 240 g/mol. The molecule has 1 heterocycles. The Labute approximate surface area is 93.9 Å². The third-order valence-electron chi connectivity index (χ3n) is 3.12. The second-order valence-corrected chi connectivity index (χ2v) is 4.83. The topological polar surface area (TPSA) is 17.8 Å². The van der Waals surface area contributed by atoms with Crippen molar-refractivity contribution in [2.75, 3.05) is 0 Å². The summed E-state index contributed by atoms with van der Waals surface area (Å²) in [5, 5.41) is 0. The summed E-state index contributed by atoms with van der Waals surface area (Å²) in [6, 6.07) is 0. The molecule has 1 saturated carbocycles. The number of hydrogen-bond donors (Lipinski definition) is 0. The van der Waals surface area contributed by atoms with Crippen LogP contribution in [0.5, 0.6) is 0 Å². The molecule has 2 nitrogen and oxygen atoms in total. The lowest BCUT2D eigenvalue weighted by Crippen LogP contribution is -2.11. The summed E-state index contributed by atoms with van der Waals surface area (Å²) in [5.74, 6) is 1.99. The molecule has 14 heavy (non-hydrogen) atoms. The van der Waals surface area contributed by atoms with Gasteiger partial charge in [-0.05, 0) is 35.7 Å². The van der Waals surface area contributed by atoms with Gasteiger partial charge in [0, 0.05) is 12.5 Å². The van der Waals surface area contributed by atoms with E-state index in [1.165, 1.54) is 37.9 Å². The Morgan fingerprint density at radius 1 is 1.43 bits per heavy atom. The predicted octanol–water partition coefficient (Wildman–Crippen LogP) is 3.71. The van der Waals surface area contributed by atoms with Crippen molar-refractivity contribution in [2.24, 2.45) is 0 Å². The Kier molecular flexibility index (Phi) is 3.26. The monoisotopic (exact) mass is 256 g/mol. The van der Waals surface area contributed by atoms with Gasteiger partial charge in [-0.1, -0.05) is 19.3 Å². The molecular formula is C11H17BrN2. The van der Waals surface area contributed by atoms with Gasteiger partial charge in [0.05, 0.1) is 6.20 Å². The van der Waals surface area contributed by atoms with Crippen LogP contribution in [-0.2, 0) is 6.54 Å². The summed E-state index contributed by atoms with van der Waals surface area (Å²) in [7, 11) is 0. The summed E-state index contributed by atoms with van der Waals surface area (Å²) in [4.78, 5) is 4.53. The Morgan fingerprint density at radius 2 is 2.14 bits per heavy atom. The van der Waals surface area contributed by atoms with Gasteiger partial charge in [0.1, 0.15) is 10.4 Å². The normalized spacial score (nSPS) is 18.7. The van der Waals surface area contributed by atoms with E-state index in [0.717, 1.165) is 11.1 Å². The van der Waals surface area contributed by atoms with E-state index in [2.05, 4.69) is 32.4 Å². The van der Waals surface area contributed by atoms with Crippen molar-refractivity contribution in [3.8, 4) is 0 Å². The van der Waals surface area contributed by atoms with Crippen LogP contribution in [0.1, 0.15) is 50.8 Å². The van der Waals surface area contributed by atoms with Gasteiger partial charge < -0.3 is 4.57 Å². The molecule has 3 heteroatoms. The van der Waals surface area contributed by atoms with Crippen molar-refractivity contribution < 1.29 is 0 Å². The third kappa shape index (κ3) is 1.88. The summed E-state index contributed by atoms with van der Waals surface area (Å²) in [6.07, 6.45) is 8.74. The molecule has 0 saturated heterocycles. The van der Waals surface area contributed by atoms with Gasteiger partial charge in [0.2, 0.25) is 0 Å². The molecule has 0 amide bonds. The highest BCUT2D eigenvalue weighted by molar-refractivity contribution is 9.10. The maximum Gasteiger partial charge on any atom is 0.112 e. The molecule has 1 aliphatic carbocycles. The number of nitrogens with zero attached hydrogens (tertiary/aromatic N) is 2. The molecule has 1 aliphatic rings. The van der Waals surface area contributed by atoms with Crippen LogP contribution < -0.4 is 0 Å². The van der Waals surface area contributed by atoms with Crippen LogP contribution in [0.15, 0.2) is 10.8 Å². The standard InChI is InChI=1S/C11H17BrN2/c1-2-14-10(12)8-13-11(14)9-6-4-3-5-7-9/h8-9H,2-7H2,1H3. The Hall–Kier alpha value is -0.310. The van der Waals surface area contributed by atoms with Gasteiger partial charge in [-0.15, -0.1) is 0 Å². The smallest absolute Gasteiger partial charge is 0.112 e. The van der Waals surface area contributed by atoms with E-state index in [4.69, 9.17) is 0 Å². The number of rotatable bonds is 2. The lowest BCUT2D eigenvalue weighted by atomic mass is 9.89. The highest BCUT2D eigenvalue weighted by Crippen LogP contribution is 2.32. The first-order chi connectivity index (χ1) is 6.83. The fourth-order valence-corrected chi connectivity index (χ4v) is 2.90. The molecule has 2 rings (SSSR count). The van der Waals surface area contributed by atoms with Gasteiger partial charge in [-0.2, -0.15) is 0 Å². The second kappa shape index (κ2) is 4.47. The minimum atomic E-state index is 0.704. The van der Waals surface area contributed by atoms with E-state index in [1.807, 2.05) is 6.20 Å². The van der Waals surface area contributed by atoms with Crippen molar-refractivity contribution in [2.45, 2.75) is 51.5 Å². The minimum Gasteiger partial charge on any atom is -0.323 e. The Bertz CT molecular complexity index is 300. The van der Waals surface area contributed by atoms with Crippen molar-refractivity contribution in [1.82, 2.24) is 9.55 Å². The zero-order valence-electron chi connectivity index (χ0n) is 8.67. The molecule has 0 radical (unpaired) electrons. The van der Waals surface area contributed by atoms with E-state index in [9.17, 15) is 0 Å². The van der Waals surface area contributed by atoms with Crippen LogP contribution in [-0.4, -0.2) is 9.55 Å². The van der Waals surface area contributed by atoms with E-state index < -0.39 is 0 Å². The maximum atomic E-state index is 4.53. The number of aromatic nitrogens is 2. The molecule has 1 aromatic rings. The first-order valence-corrected chi connectivity index (χ1v) is 6.33. The minimum absolute atomic E-state index is 0.704. The van der Waals surface area contributed by atoms with E-state index in [1.54, 1.807) is 0 Å². The third-order valence-corrected chi connectivity index (χ3v) is 3.76.